The number of phenols is 1. The molecule has 6 heteroatoms. The van der Waals surface area contributed by atoms with Gasteiger partial charge in [-0.15, -0.1) is 11.3 Å². The van der Waals surface area contributed by atoms with Crippen LogP contribution in [0.5, 0.6) is 5.75 Å². The smallest absolute Gasteiger partial charge is 0.143 e. The standard InChI is InChI=1S/C16H12Br2N2OS/c17-12-5-9(6-13(18)15(12)21)8-20-16-11(7-19)10-3-1-2-4-14(10)22-16/h5-6,8,21H,1-4H2. The minimum absolute atomic E-state index is 0.168. The quantitative estimate of drug-likeness (QED) is 0.629. The third-order valence-corrected chi connectivity index (χ3v) is 6.04. The van der Waals surface area contributed by atoms with Gasteiger partial charge in [-0.2, -0.15) is 5.26 Å². The van der Waals surface area contributed by atoms with Gasteiger partial charge in [-0.25, -0.2) is 4.99 Å². The molecule has 0 fully saturated rings. The zero-order valence-electron chi connectivity index (χ0n) is 11.6. The molecule has 0 saturated carbocycles. The number of aromatic hydroxyl groups is 1. The fraction of sp³-hybridized carbons (Fsp3) is 0.250. The molecule has 22 heavy (non-hydrogen) atoms. The van der Waals surface area contributed by atoms with Gasteiger partial charge in [-0.1, -0.05) is 0 Å². The molecule has 1 aromatic heterocycles. The number of benzene rings is 1. The number of nitrogens with zero attached hydrogens (tertiary/aromatic N) is 2. The molecule has 1 N–H and O–H groups in total. The number of halogens is 2. The van der Waals surface area contributed by atoms with Crippen molar-refractivity contribution in [2.24, 2.45) is 4.99 Å². The number of fused-ring (bicyclic) bond motifs is 1. The molecule has 0 unspecified atom stereocenters. The fourth-order valence-electron chi connectivity index (χ4n) is 2.55. The molecule has 0 atom stereocenters. The SMILES string of the molecule is N#Cc1c(N=Cc2cc(Br)c(O)c(Br)c2)sc2c1CCCC2. The number of hydrogen-bond acceptors (Lipinski definition) is 4. The van der Waals surface area contributed by atoms with Crippen LogP contribution in [0.1, 0.15) is 34.4 Å². The first-order valence-electron chi connectivity index (χ1n) is 6.87. The lowest BCUT2D eigenvalue weighted by Gasteiger charge is -2.09. The largest absolute Gasteiger partial charge is 0.506 e. The van der Waals surface area contributed by atoms with Gasteiger partial charge in [-0.3, -0.25) is 0 Å². The monoisotopic (exact) mass is 438 g/mol. The molecule has 0 spiro atoms. The molecule has 2 aromatic rings. The Morgan fingerprint density at radius 1 is 1.23 bits per heavy atom. The third kappa shape index (κ3) is 2.98. The highest BCUT2D eigenvalue weighted by molar-refractivity contribution is 9.11. The zero-order valence-corrected chi connectivity index (χ0v) is 15.6. The van der Waals surface area contributed by atoms with Crippen molar-refractivity contribution in [2.45, 2.75) is 25.7 Å². The molecule has 0 bridgehead atoms. The van der Waals surface area contributed by atoms with Crippen LogP contribution in [-0.4, -0.2) is 11.3 Å². The molecular weight excluding hydrogens is 428 g/mol. The fourth-order valence-corrected chi connectivity index (χ4v) is 4.96. The van der Waals surface area contributed by atoms with Gasteiger partial charge in [-0.05, 0) is 80.8 Å². The molecule has 0 saturated heterocycles. The maximum absolute atomic E-state index is 9.73. The molecule has 3 rings (SSSR count). The van der Waals surface area contributed by atoms with Crippen molar-refractivity contribution in [3.63, 3.8) is 0 Å². The van der Waals surface area contributed by atoms with Gasteiger partial charge < -0.3 is 5.11 Å². The van der Waals surface area contributed by atoms with Gasteiger partial charge in [0.15, 0.2) is 0 Å². The van der Waals surface area contributed by atoms with Crippen LogP contribution in [0.25, 0.3) is 0 Å². The predicted octanol–water partition coefficient (Wildman–Crippen LogP) is 5.48. The number of rotatable bonds is 2. The molecule has 1 aliphatic carbocycles. The van der Waals surface area contributed by atoms with Crippen molar-refractivity contribution in [1.29, 1.82) is 5.26 Å². The Morgan fingerprint density at radius 3 is 2.59 bits per heavy atom. The number of aliphatic imine (C=N–C) groups is 1. The molecule has 0 radical (unpaired) electrons. The lowest BCUT2D eigenvalue weighted by molar-refractivity contribution is 0.468. The number of thiophene rings is 1. The maximum atomic E-state index is 9.73. The van der Waals surface area contributed by atoms with E-state index in [1.165, 1.54) is 16.9 Å². The topological polar surface area (TPSA) is 56.4 Å². The maximum Gasteiger partial charge on any atom is 0.143 e. The van der Waals surface area contributed by atoms with E-state index >= 15 is 0 Å². The molecule has 1 aliphatic rings. The van der Waals surface area contributed by atoms with Gasteiger partial charge in [0, 0.05) is 11.1 Å². The molecule has 112 valence electrons. The Morgan fingerprint density at radius 2 is 1.91 bits per heavy atom. The summed E-state index contributed by atoms with van der Waals surface area (Å²) < 4.78 is 1.21. The lowest BCUT2D eigenvalue weighted by atomic mass is 9.96. The van der Waals surface area contributed by atoms with Crippen molar-refractivity contribution < 1.29 is 5.11 Å². The molecule has 1 aromatic carbocycles. The average molecular weight is 440 g/mol. The summed E-state index contributed by atoms with van der Waals surface area (Å²) in [5.41, 5.74) is 2.78. The first-order valence-corrected chi connectivity index (χ1v) is 9.27. The average Bonchev–Trinajstić information content (AvgIpc) is 2.87. The molecule has 0 amide bonds. The van der Waals surface area contributed by atoms with Crippen LogP contribution in [0.4, 0.5) is 5.00 Å². The van der Waals surface area contributed by atoms with Gasteiger partial charge in [0.05, 0.1) is 14.5 Å². The van der Waals surface area contributed by atoms with Crippen LogP contribution in [-0.2, 0) is 12.8 Å². The van der Waals surface area contributed by atoms with Gasteiger partial charge in [0.2, 0.25) is 0 Å². The van der Waals surface area contributed by atoms with Gasteiger partial charge in [0.1, 0.15) is 16.8 Å². The van der Waals surface area contributed by atoms with E-state index in [9.17, 15) is 10.4 Å². The Hall–Kier alpha value is -1.16. The highest BCUT2D eigenvalue weighted by atomic mass is 79.9. The van der Waals surface area contributed by atoms with Crippen LogP contribution >= 0.6 is 43.2 Å². The lowest BCUT2D eigenvalue weighted by Crippen LogP contribution is -1.99. The Labute approximate surface area is 149 Å². The predicted molar refractivity (Wildman–Crippen MR) is 96.4 cm³/mol. The molecule has 3 nitrogen and oxygen atoms in total. The van der Waals surface area contributed by atoms with E-state index in [4.69, 9.17) is 0 Å². The molecule has 0 aliphatic heterocycles. The zero-order chi connectivity index (χ0) is 15.7. The second kappa shape index (κ2) is 6.53. The summed E-state index contributed by atoms with van der Waals surface area (Å²) in [6, 6.07) is 5.90. The van der Waals surface area contributed by atoms with E-state index in [2.05, 4.69) is 42.9 Å². The van der Waals surface area contributed by atoms with Crippen molar-refractivity contribution in [2.75, 3.05) is 0 Å². The van der Waals surface area contributed by atoms with Crippen LogP contribution in [0, 0.1) is 11.3 Å². The van der Waals surface area contributed by atoms with Crippen molar-refractivity contribution in [1.82, 2.24) is 0 Å². The van der Waals surface area contributed by atoms with Crippen molar-refractivity contribution in [3.05, 3.63) is 42.6 Å². The van der Waals surface area contributed by atoms with E-state index in [0.29, 0.717) is 8.95 Å². The minimum Gasteiger partial charge on any atom is -0.506 e. The summed E-state index contributed by atoms with van der Waals surface area (Å²) in [4.78, 5) is 5.82. The van der Waals surface area contributed by atoms with Crippen LogP contribution in [0.2, 0.25) is 0 Å². The number of nitriles is 1. The summed E-state index contributed by atoms with van der Waals surface area (Å²) in [5.74, 6) is 0.168. The number of phenolic OH excluding ortho intramolecular Hbond substituents is 1. The summed E-state index contributed by atoms with van der Waals surface area (Å²) >= 11 is 8.24. The van der Waals surface area contributed by atoms with E-state index in [1.54, 1.807) is 29.7 Å². The Bertz CT molecular complexity index is 782. The summed E-state index contributed by atoms with van der Waals surface area (Å²) in [6.45, 7) is 0. The van der Waals surface area contributed by atoms with Gasteiger partial charge in [0.25, 0.3) is 0 Å². The van der Waals surface area contributed by atoms with E-state index in [1.807, 2.05) is 0 Å². The summed E-state index contributed by atoms with van der Waals surface area (Å²) in [6.07, 6.45) is 6.12. The minimum atomic E-state index is 0.168. The molecular formula is C16H12Br2N2OS. The second-order valence-electron chi connectivity index (χ2n) is 5.09. The summed E-state index contributed by atoms with van der Waals surface area (Å²) in [5, 5.41) is 19.9. The first kappa shape index (κ1) is 15.7. The Balaban J connectivity index is 1.97. The van der Waals surface area contributed by atoms with E-state index < -0.39 is 0 Å². The summed E-state index contributed by atoms with van der Waals surface area (Å²) in [7, 11) is 0. The van der Waals surface area contributed by atoms with Crippen molar-refractivity contribution >= 4 is 54.4 Å². The highest BCUT2D eigenvalue weighted by Gasteiger charge is 2.20. The van der Waals surface area contributed by atoms with E-state index in [-0.39, 0.29) is 5.75 Å². The number of aryl methyl sites for hydroxylation is 1. The van der Waals surface area contributed by atoms with Crippen LogP contribution in [0.3, 0.4) is 0 Å². The third-order valence-electron chi connectivity index (χ3n) is 3.63. The van der Waals surface area contributed by atoms with Gasteiger partial charge >= 0.3 is 0 Å². The first-order chi connectivity index (χ1) is 10.6. The normalized spacial score (nSPS) is 14.0. The number of hydrogen-bond donors (Lipinski definition) is 1. The van der Waals surface area contributed by atoms with E-state index in [0.717, 1.165) is 35.4 Å². The van der Waals surface area contributed by atoms with Crippen molar-refractivity contribution in [3.8, 4) is 11.8 Å². The molecule has 1 heterocycles. The highest BCUT2D eigenvalue weighted by Crippen LogP contribution is 2.39. The van der Waals surface area contributed by atoms with Crippen LogP contribution < -0.4 is 0 Å². The Kier molecular flexibility index (Phi) is 4.67. The van der Waals surface area contributed by atoms with Crippen LogP contribution in [0.15, 0.2) is 26.1 Å². The second-order valence-corrected chi connectivity index (χ2v) is 7.89.